The Labute approximate surface area is 139 Å². The molecule has 0 saturated carbocycles. The van der Waals surface area contributed by atoms with E-state index in [4.69, 9.17) is 0 Å². The van der Waals surface area contributed by atoms with Crippen molar-refractivity contribution in [2.45, 2.75) is 46.6 Å². The molecule has 2 N–H and O–H groups in total. The number of nitrogens with zero attached hydrogens (tertiary/aromatic N) is 1. The van der Waals surface area contributed by atoms with Crippen LogP contribution in [0.4, 0.5) is 5.69 Å². The highest BCUT2D eigenvalue weighted by Crippen LogP contribution is 2.23. The Morgan fingerprint density at radius 3 is 2.39 bits per heavy atom. The predicted molar refractivity (Wildman–Crippen MR) is 94.4 cm³/mol. The molecule has 4 heteroatoms. The lowest BCUT2D eigenvalue weighted by molar-refractivity contribution is -0.129. The highest BCUT2D eigenvalue weighted by Gasteiger charge is 2.24. The molecule has 0 unspecified atom stereocenters. The third-order valence-electron chi connectivity index (χ3n) is 5.13. The van der Waals surface area contributed by atoms with Crippen LogP contribution >= 0.6 is 0 Å². The van der Waals surface area contributed by atoms with E-state index in [1.54, 1.807) is 0 Å². The van der Waals surface area contributed by atoms with Crippen molar-refractivity contribution in [1.82, 2.24) is 5.32 Å². The SMILES string of the molecule is CCC(C)(C)C(=O)NCc1ccc(N2CCC(CO)CC2)cc1. The number of aliphatic hydroxyl groups is 1. The van der Waals surface area contributed by atoms with Crippen LogP contribution in [0.2, 0.25) is 0 Å². The van der Waals surface area contributed by atoms with Crippen molar-refractivity contribution in [3.05, 3.63) is 29.8 Å². The van der Waals surface area contributed by atoms with Gasteiger partial charge < -0.3 is 15.3 Å². The number of hydrogen-bond donors (Lipinski definition) is 2. The Kier molecular flexibility index (Phi) is 6.05. The molecule has 1 aromatic carbocycles. The van der Waals surface area contributed by atoms with Gasteiger partial charge in [-0.25, -0.2) is 0 Å². The number of benzene rings is 1. The summed E-state index contributed by atoms with van der Waals surface area (Å²) in [4.78, 5) is 14.5. The number of carbonyl (C=O) groups is 1. The van der Waals surface area contributed by atoms with E-state index >= 15 is 0 Å². The third-order valence-corrected chi connectivity index (χ3v) is 5.13. The van der Waals surface area contributed by atoms with Gasteiger partial charge in [0.25, 0.3) is 0 Å². The first kappa shape index (κ1) is 17.8. The van der Waals surface area contributed by atoms with Gasteiger partial charge in [-0.2, -0.15) is 0 Å². The number of rotatable bonds is 6. The summed E-state index contributed by atoms with van der Waals surface area (Å²) in [6.07, 6.45) is 2.95. The van der Waals surface area contributed by atoms with E-state index in [9.17, 15) is 9.90 Å². The molecule has 0 atom stereocenters. The minimum atomic E-state index is -0.309. The van der Waals surface area contributed by atoms with Crippen LogP contribution in [0.1, 0.15) is 45.6 Å². The molecule has 1 aliphatic heterocycles. The topological polar surface area (TPSA) is 52.6 Å². The zero-order chi connectivity index (χ0) is 16.9. The largest absolute Gasteiger partial charge is 0.396 e. The van der Waals surface area contributed by atoms with Gasteiger partial charge in [0.2, 0.25) is 5.91 Å². The van der Waals surface area contributed by atoms with Crippen LogP contribution < -0.4 is 10.2 Å². The average Bonchev–Trinajstić information content (AvgIpc) is 2.60. The number of piperidine rings is 1. The van der Waals surface area contributed by atoms with E-state index in [0.717, 1.165) is 37.9 Å². The van der Waals surface area contributed by atoms with Crippen molar-refractivity contribution in [2.24, 2.45) is 11.3 Å². The van der Waals surface area contributed by atoms with Gasteiger partial charge in [0, 0.05) is 37.3 Å². The first-order valence-corrected chi connectivity index (χ1v) is 8.69. The number of aliphatic hydroxyl groups excluding tert-OH is 1. The second-order valence-corrected chi connectivity index (χ2v) is 7.20. The molecule has 0 spiro atoms. The lowest BCUT2D eigenvalue weighted by atomic mass is 9.89. The van der Waals surface area contributed by atoms with Gasteiger partial charge in [-0.3, -0.25) is 4.79 Å². The fourth-order valence-corrected chi connectivity index (χ4v) is 2.78. The van der Waals surface area contributed by atoms with E-state index in [2.05, 4.69) is 34.5 Å². The van der Waals surface area contributed by atoms with Gasteiger partial charge in [0.05, 0.1) is 0 Å². The van der Waals surface area contributed by atoms with E-state index in [-0.39, 0.29) is 11.3 Å². The molecule has 0 aliphatic carbocycles. The van der Waals surface area contributed by atoms with Crippen LogP contribution in [-0.2, 0) is 11.3 Å². The number of carbonyl (C=O) groups excluding carboxylic acids is 1. The summed E-state index contributed by atoms with van der Waals surface area (Å²) in [7, 11) is 0. The Morgan fingerprint density at radius 2 is 1.87 bits per heavy atom. The Bertz CT molecular complexity index is 503. The molecule has 1 heterocycles. The predicted octanol–water partition coefficient (Wildman–Crippen LogP) is 2.95. The molecule has 1 aliphatic rings. The molecule has 0 aromatic heterocycles. The molecule has 1 amide bonds. The maximum absolute atomic E-state index is 12.1. The molecular weight excluding hydrogens is 288 g/mol. The van der Waals surface area contributed by atoms with Gasteiger partial charge in [-0.1, -0.05) is 32.9 Å². The van der Waals surface area contributed by atoms with Crippen molar-refractivity contribution in [1.29, 1.82) is 0 Å². The fraction of sp³-hybridized carbons (Fsp3) is 0.632. The minimum Gasteiger partial charge on any atom is -0.396 e. The standard InChI is InChI=1S/C19H30N2O2/c1-4-19(2,3)18(23)20-13-15-5-7-17(8-6-15)21-11-9-16(14-22)10-12-21/h5-8,16,22H,4,9-14H2,1-3H3,(H,20,23). The summed E-state index contributed by atoms with van der Waals surface area (Å²) in [5.41, 5.74) is 2.04. The molecule has 4 nitrogen and oxygen atoms in total. The van der Waals surface area contributed by atoms with Crippen LogP contribution in [0.15, 0.2) is 24.3 Å². The molecule has 23 heavy (non-hydrogen) atoms. The summed E-state index contributed by atoms with van der Waals surface area (Å²) in [5.74, 6) is 0.567. The fourth-order valence-electron chi connectivity index (χ4n) is 2.78. The monoisotopic (exact) mass is 318 g/mol. The highest BCUT2D eigenvalue weighted by molar-refractivity contribution is 5.81. The highest BCUT2D eigenvalue weighted by atomic mass is 16.3. The summed E-state index contributed by atoms with van der Waals surface area (Å²) in [6.45, 7) is 8.88. The lowest BCUT2D eigenvalue weighted by Crippen LogP contribution is -2.36. The van der Waals surface area contributed by atoms with E-state index in [1.165, 1.54) is 5.69 Å². The zero-order valence-corrected chi connectivity index (χ0v) is 14.6. The second-order valence-electron chi connectivity index (χ2n) is 7.20. The lowest BCUT2D eigenvalue weighted by Gasteiger charge is -2.33. The van der Waals surface area contributed by atoms with Crippen LogP contribution in [0, 0.1) is 11.3 Å². The molecule has 1 fully saturated rings. The van der Waals surface area contributed by atoms with Crippen molar-refractivity contribution in [3.63, 3.8) is 0 Å². The first-order chi connectivity index (χ1) is 11.0. The van der Waals surface area contributed by atoms with Crippen molar-refractivity contribution in [3.8, 4) is 0 Å². The first-order valence-electron chi connectivity index (χ1n) is 8.69. The molecule has 1 saturated heterocycles. The molecule has 0 bridgehead atoms. The van der Waals surface area contributed by atoms with Gasteiger partial charge in [-0.05, 0) is 42.9 Å². The van der Waals surface area contributed by atoms with Gasteiger partial charge in [-0.15, -0.1) is 0 Å². The van der Waals surface area contributed by atoms with Crippen molar-refractivity contribution >= 4 is 11.6 Å². The van der Waals surface area contributed by atoms with Crippen molar-refractivity contribution < 1.29 is 9.90 Å². The summed E-state index contributed by atoms with van der Waals surface area (Å²) >= 11 is 0. The molecule has 128 valence electrons. The average molecular weight is 318 g/mol. The molecule has 2 rings (SSSR count). The summed E-state index contributed by atoms with van der Waals surface area (Å²) < 4.78 is 0. The van der Waals surface area contributed by atoms with Gasteiger partial charge in [0.1, 0.15) is 0 Å². The maximum Gasteiger partial charge on any atom is 0.225 e. The quantitative estimate of drug-likeness (QED) is 0.848. The number of anilines is 1. The zero-order valence-electron chi connectivity index (χ0n) is 14.6. The van der Waals surface area contributed by atoms with E-state index in [0.29, 0.717) is 19.1 Å². The van der Waals surface area contributed by atoms with Crippen LogP contribution in [0.5, 0.6) is 0 Å². The smallest absolute Gasteiger partial charge is 0.225 e. The number of amides is 1. The van der Waals surface area contributed by atoms with E-state index in [1.807, 2.05) is 20.8 Å². The van der Waals surface area contributed by atoms with Crippen LogP contribution in [-0.4, -0.2) is 30.7 Å². The summed E-state index contributed by atoms with van der Waals surface area (Å²) in [6, 6.07) is 8.44. The number of hydrogen-bond acceptors (Lipinski definition) is 3. The second kappa shape index (κ2) is 7.82. The van der Waals surface area contributed by atoms with Gasteiger partial charge in [0.15, 0.2) is 0 Å². The molecule has 1 aromatic rings. The minimum absolute atomic E-state index is 0.107. The van der Waals surface area contributed by atoms with Crippen LogP contribution in [0.25, 0.3) is 0 Å². The Hall–Kier alpha value is -1.55. The third kappa shape index (κ3) is 4.71. The van der Waals surface area contributed by atoms with Crippen LogP contribution in [0.3, 0.4) is 0 Å². The van der Waals surface area contributed by atoms with Crippen molar-refractivity contribution in [2.75, 3.05) is 24.6 Å². The summed E-state index contributed by atoms with van der Waals surface area (Å²) in [5, 5.41) is 12.2. The van der Waals surface area contributed by atoms with E-state index < -0.39 is 0 Å². The number of nitrogens with one attached hydrogen (secondary N) is 1. The normalized spacial score (nSPS) is 16.4. The molecule has 0 radical (unpaired) electrons. The molecular formula is C19H30N2O2. The Morgan fingerprint density at radius 1 is 1.26 bits per heavy atom. The maximum atomic E-state index is 12.1. The Balaban J connectivity index is 1.87. The van der Waals surface area contributed by atoms with Gasteiger partial charge >= 0.3 is 0 Å².